The van der Waals surface area contributed by atoms with Crippen molar-refractivity contribution in [3.63, 3.8) is 0 Å². The second-order valence-corrected chi connectivity index (χ2v) is 7.42. The quantitative estimate of drug-likeness (QED) is 0.702. The van der Waals surface area contributed by atoms with Gasteiger partial charge in [-0.2, -0.15) is 5.10 Å². The van der Waals surface area contributed by atoms with Crippen LogP contribution in [0.5, 0.6) is 0 Å². The number of anilines is 1. The highest BCUT2D eigenvalue weighted by atomic mass is 16.2. The molecular formula is C23H28N4O. The summed E-state index contributed by atoms with van der Waals surface area (Å²) in [5.74, 6) is -0.0171. The molecule has 0 bridgehead atoms. The minimum atomic E-state index is -0.0171. The molecular weight excluding hydrogens is 348 g/mol. The number of hydrogen-bond acceptors (Lipinski definition) is 3. The van der Waals surface area contributed by atoms with Gasteiger partial charge in [0.1, 0.15) is 0 Å². The van der Waals surface area contributed by atoms with Gasteiger partial charge in [0.05, 0.1) is 17.9 Å². The number of carbonyl (C=O) groups excluding carboxylic acids is 1. The number of nitrogens with one attached hydrogen (secondary N) is 1. The van der Waals surface area contributed by atoms with Gasteiger partial charge in [-0.05, 0) is 70.1 Å². The molecule has 1 heterocycles. The summed E-state index contributed by atoms with van der Waals surface area (Å²) >= 11 is 0. The van der Waals surface area contributed by atoms with Crippen molar-refractivity contribution in [1.82, 2.24) is 14.7 Å². The van der Waals surface area contributed by atoms with E-state index in [-0.39, 0.29) is 5.91 Å². The Morgan fingerprint density at radius 3 is 2.43 bits per heavy atom. The van der Waals surface area contributed by atoms with Crippen LogP contribution in [0.15, 0.2) is 48.5 Å². The largest absolute Gasteiger partial charge is 0.325 e. The Balaban J connectivity index is 1.66. The molecule has 2 aromatic carbocycles. The molecule has 0 aliphatic heterocycles. The van der Waals surface area contributed by atoms with Gasteiger partial charge in [0.2, 0.25) is 5.91 Å². The normalized spacial score (nSPS) is 11.1. The van der Waals surface area contributed by atoms with Gasteiger partial charge in [-0.1, -0.05) is 24.3 Å². The number of rotatable bonds is 6. The maximum Gasteiger partial charge on any atom is 0.238 e. The van der Waals surface area contributed by atoms with Crippen molar-refractivity contribution in [3.8, 4) is 5.69 Å². The Hall–Kier alpha value is -2.92. The maximum absolute atomic E-state index is 12.4. The van der Waals surface area contributed by atoms with Gasteiger partial charge in [0.15, 0.2) is 0 Å². The molecule has 0 saturated heterocycles. The van der Waals surface area contributed by atoms with Crippen LogP contribution in [-0.4, -0.2) is 34.2 Å². The van der Waals surface area contributed by atoms with Crippen LogP contribution in [0.4, 0.5) is 5.69 Å². The zero-order valence-electron chi connectivity index (χ0n) is 17.3. The van der Waals surface area contributed by atoms with E-state index in [4.69, 9.17) is 0 Å². The van der Waals surface area contributed by atoms with E-state index in [1.165, 1.54) is 11.1 Å². The summed E-state index contributed by atoms with van der Waals surface area (Å²) in [6, 6.07) is 16.1. The van der Waals surface area contributed by atoms with Crippen LogP contribution in [0.25, 0.3) is 5.69 Å². The summed E-state index contributed by atoms with van der Waals surface area (Å²) in [5.41, 5.74) is 7.52. The van der Waals surface area contributed by atoms with Gasteiger partial charge in [0.25, 0.3) is 0 Å². The van der Waals surface area contributed by atoms with Crippen molar-refractivity contribution in [2.24, 2.45) is 0 Å². The molecule has 1 aromatic heterocycles. The van der Waals surface area contributed by atoms with Gasteiger partial charge in [-0.25, -0.2) is 4.68 Å². The van der Waals surface area contributed by atoms with Crippen LogP contribution in [-0.2, 0) is 11.3 Å². The van der Waals surface area contributed by atoms with Crippen molar-refractivity contribution in [3.05, 3.63) is 76.6 Å². The molecule has 28 heavy (non-hydrogen) atoms. The fourth-order valence-corrected chi connectivity index (χ4v) is 3.32. The average Bonchev–Trinajstić information content (AvgIpc) is 2.93. The Morgan fingerprint density at radius 1 is 1.04 bits per heavy atom. The van der Waals surface area contributed by atoms with Gasteiger partial charge in [0, 0.05) is 23.5 Å². The molecule has 0 radical (unpaired) electrons. The number of carbonyl (C=O) groups is 1. The number of hydrogen-bond donors (Lipinski definition) is 1. The molecule has 146 valence electrons. The van der Waals surface area contributed by atoms with Crippen LogP contribution in [0.3, 0.4) is 0 Å². The lowest BCUT2D eigenvalue weighted by Gasteiger charge is -2.17. The van der Waals surface area contributed by atoms with E-state index in [0.717, 1.165) is 28.3 Å². The third kappa shape index (κ3) is 4.49. The first-order valence-corrected chi connectivity index (χ1v) is 9.51. The third-order valence-electron chi connectivity index (χ3n) is 5.07. The number of aromatic nitrogens is 2. The minimum absolute atomic E-state index is 0.0171. The van der Waals surface area contributed by atoms with E-state index in [2.05, 4.69) is 24.3 Å². The first-order valence-electron chi connectivity index (χ1n) is 9.51. The number of aryl methyl sites for hydroxylation is 3. The smallest absolute Gasteiger partial charge is 0.238 e. The molecule has 1 N–H and O–H groups in total. The van der Waals surface area contributed by atoms with E-state index in [0.29, 0.717) is 13.1 Å². The zero-order valence-corrected chi connectivity index (χ0v) is 17.3. The lowest BCUT2D eigenvalue weighted by molar-refractivity contribution is -0.117. The van der Waals surface area contributed by atoms with Crippen LogP contribution in [0, 0.1) is 27.7 Å². The van der Waals surface area contributed by atoms with Crippen LogP contribution in [0.1, 0.15) is 28.1 Å². The second-order valence-electron chi connectivity index (χ2n) is 7.42. The van der Waals surface area contributed by atoms with Crippen LogP contribution >= 0.6 is 0 Å². The molecule has 3 rings (SSSR count). The second kappa shape index (κ2) is 8.40. The number of amides is 1. The standard InChI is InChI=1S/C23H28N4O/c1-16-11-12-20(13-17(16)2)24-23(28)15-26(5)14-22-18(3)25-27(19(22)4)21-9-7-6-8-10-21/h6-13H,14-15H2,1-5H3,(H,24,28). The number of likely N-dealkylation sites (N-methyl/N-ethyl adjacent to an activating group) is 1. The highest BCUT2D eigenvalue weighted by molar-refractivity contribution is 5.92. The van der Waals surface area contributed by atoms with Gasteiger partial charge in [-0.15, -0.1) is 0 Å². The van der Waals surface area contributed by atoms with Crippen molar-refractivity contribution in [1.29, 1.82) is 0 Å². The molecule has 1 amide bonds. The lowest BCUT2D eigenvalue weighted by atomic mass is 10.1. The predicted octanol–water partition coefficient (Wildman–Crippen LogP) is 4.18. The van der Waals surface area contributed by atoms with E-state index < -0.39 is 0 Å². The fraction of sp³-hybridized carbons (Fsp3) is 0.304. The van der Waals surface area contributed by atoms with Crippen LogP contribution < -0.4 is 5.32 Å². The molecule has 5 heteroatoms. The van der Waals surface area contributed by atoms with Gasteiger partial charge >= 0.3 is 0 Å². The van der Waals surface area contributed by atoms with Crippen molar-refractivity contribution in [2.45, 2.75) is 34.2 Å². The van der Waals surface area contributed by atoms with E-state index in [1.54, 1.807) is 0 Å². The number of para-hydroxylation sites is 1. The summed E-state index contributed by atoms with van der Waals surface area (Å²) in [6.07, 6.45) is 0. The molecule has 0 saturated carbocycles. The van der Waals surface area contributed by atoms with Crippen LogP contribution in [0.2, 0.25) is 0 Å². The van der Waals surface area contributed by atoms with E-state index in [1.807, 2.05) is 79.0 Å². The molecule has 0 unspecified atom stereocenters. The van der Waals surface area contributed by atoms with Crippen molar-refractivity contribution in [2.75, 3.05) is 18.9 Å². The summed E-state index contributed by atoms with van der Waals surface area (Å²) < 4.78 is 1.97. The lowest BCUT2D eigenvalue weighted by Crippen LogP contribution is -2.30. The summed E-state index contributed by atoms with van der Waals surface area (Å²) in [6.45, 7) is 9.20. The number of benzene rings is 2. The number of nitrogens with zero attached hydrogens (tertiary/aromatic N) is 3. The summed E-state index contributed by atoms with van der Waals surface area (Å²) in [7, 11) is 1.96. The van der Waals surface area contributed by atoms with Gasteiger partial charge in [-0.3, -0.25) is 9.69 Å². The highest BCUT2D eigenvalue weighted by Gasteiger charge is 2.16. The Bertz CT molecular complexity index is 976. The SMILES string of the molecule is Cc1ccc(NC(=O)CN(C)Cc2c(C)nn(-c3ccccc3)c2C)cc1C. The summed E-state index contributed by atoms with van der Waals surface area (Å²) in [4.78, 5) is 14.4. The molecule has 3 aromatic rings. The minimum Gasteiger partial charge on any atom is -0.325 e. The topological polar surface area (TPSA) is 50.2 Å². The Morgan fingerprint density at radius 2 is 1.75 bits per heavy atom. The van der Waals surface area contributed by atoms with E-state index in [9.17, 15) is 4.79 Å². The molecule has 0 aliphatic rings. The summed E-state index contributed by atoms with van der Waals surface area (Å²) in [5, 5.41) is 7.67. The Kier molecular flexibility index (Phi) is 5.95. The predicted molar refractivity (Wildman–Crippen MR) is 114 cm³/mol. The average molecular weight is 377 g/mol. The zero-order chi connectivity index (χ0) is 20.3. The highest BCUT2D eigenvalue weighted by Crippen LogP contribution is 2.19. The maximum atomic E-state index is 12.4. The molecule has 5 nitrogen and oxygen atoms in total. The fourth-order valence-electron chi connectivity index (χ4n) is 3.32. The molecule has 0 spiro atoms. The molecule has 0 fully saturated rings. The monoisotopic (exact) mass is 376 g/mol. The molecule has 0 atom stereocenters. The first-order chi connectivity index (χ1) is 13.3. The van der Waals surface area contributed by atoms with E-state index >= 15 is 0 Å². The third-order valence-corrected chi connectivity index (χ3v) is 5.07. The van der Waals surface area contributed by atoms with Gasteiger partial charge < -0.3 is 5.32 Å². The first kappa shape index (κ1) is 19.8. The Labute approximate surface area is 167 Å². The van der Waals surface area contributed by atoms with Crippen molar-refractivity contribution < 1.29 is 4.79 Å². The van der Waals surface area contributed by atoms with Crippen molar-refractivity contribution >= 4 is 11.6 Å². The molecule has 0 aliphatic carbocycles.